The van der Waals surface area contributed by atoms with Crippen molar-refractivity contribution >= 4 is 11.9 Å². The van der Waals surface area contributed by atoms with Crippen molar-refractivity contribution in [3.05, 3.63) is 29.8 Å². The molecule has 1 heterocycles. The number of aliphatic carboxylic acids is 1. The Hall–Kier alpha value is -2.08. The van der Waals surface area contributed by atoms with Gasteiger partial charge in [0.15, 0.2) is 6.04 Å². The fourth-order valence-electron chi connectivity index (χ4n) is 1.97. The zero-order chi connectivity index (χ0) is 13.8. The molecule has 1 amide bonds. The van der Waals surface area contributed by atoms with Gasteiger partial charge in [-0.15, -0.1) is 0 Å². The molecule has 0 spiro atoms. The number of carbonyl (C=O) groups is 2. The van der Waals surface area contributed by atoms with Crippen molar-refractivity contribution in [1.82, 2.24) is 4.90 Å². The largest absolute Gasteiger partial charge is 0.497 e. The van der Waals surface area contributed by atoms with Crippen LogP contribution in [-0.2, 0) is 9.53 Å². The summed E-state index contributed by atoms with van der Waals surface area (Å²) in [6.07, 6.45) is 0. The maximum Gasteiger partial charge on any atom is 0.328 e. The van der Waals surface area contributed by atoms with Crippen LogP contribution in [0.2, 0.25) is 0 Å². The number of morpholine rings is 1. The molecule has 1 aliphatic rings. The molecule has 0 bridgehead atoms. The summed E-state index contributed by atoms with van der Waals surface area (Å²) in [6.45, 7) is 0.636. The van der Waals surface area contributed by atoms with Gasteiger partial charge in [0, 0.05) is 12.1 Å². The predicted octanol–water partition coefficient (Wildman–Crippen LogP) is 0.621. The molecule has 1 unspecified atom stereocenters. The van der Waals surface area contributed by atoms with Crippen LogP contribution < -0.4 is 4.74 Å². The summed E-state index contributed by atoms with van der Waals surface area (Å²) in [6, 6.07) is 5.72. The number of ether oxygens (including phenoxy) is 2. The number of methoxy groups -OCH3 is 1. The maximum absolute atomic E-state index is 12.3. The highest BCUT2D eigenvalue weighted by Gasteiger charge is 2.33. The second-order valence-corrected chi connectivity index (χ2v) is 4.16. The molecule has 1 aliphatic heterocycles. The van der Waals surface area contributed by atoms with Gasteiger partial charge in [0.25, 0.3) is 5.91 Å². The molecule has 0 saturated carbocycles. The van der Waals surface area contributed by atoms with Gasteiger partial charge in [-0.2, -0.15) is 0 Å². The molecule has 102 valence electrons. The van der Waals surface area contributed by atoms with E-state index in [9.17, 15) is 9.59 Å². The Kier molecular flexibility index (Phi) is 4.01. The minimum Gasteiger partial charge on any atom is -0.497 e. The molecule has 19 heavy (non-hydrogen) atoms. The van der Waals surface area contributed by atoms with Gasteiger partial charge in [0.2, 0.25) is 0 Å². The molecule has 1 fully saturated rings. The van der Waals surface area contributed by atoms with Crippen LogP contribution in [0, 0.1) is 0 Å². The number of nitrogens with zero attached hydrogens (tertiary/aromatic N) is 1. The normalized spacial score (nSPS) is 19.0. The monoisotopic (exact) mass is 265 g/mol. The van der Waals surface area contributed by atoms with Crippen molar-refractivity contribution in [2.24, 2.45) is 0 Å². The molecule has 0 aromatic heterocycles. The number of carbonyl (C=O) groups excluding carboxylic acids is 1. The number of carboxylic acid groups (broad SMARTS) is 1. The molecule has 0 aliphatic carbocycles. The number of rotatable bonds is 3. The number of hydrogen-bond donors (Lipinski definition) is 1. The lowest BCUT2D eigenvalue weighted by molar-refractivity contribution is -0.147. The summed E-state index contributed by atoms with van der Waals surface area (Å²) in [5, 5.41) is 9.11. The van der Waals surface area contributed by atoms with E-state index in [0.29, 0.717) is 17.9 Å². The first kappa shape index (κ1) is 13.4. The highest BCUT2D eigenvalue weighted by molar-refractivity contribution is 5.97. The van der Waals surface area contributed by atoms with Gasteiger partial charge in [-0.3, -0.25) is 4.79 Å². The Morgan fingerprint density at radius 1 is 1.47 bits per heavy atom. The Bertz CT molecular complexity index is 488. The fraction of sp³-hybridized carbons (Fsp3) is 0.385. The van der Waals surface area contributed by atoms with Gasteiger partial charge in [-0.05, 0) is 18.2 Å². The van der Waals surface area contributed by atoms with Gasteiger partial charge in [0.05, 0.1) is 20.3 Å². The van der Waals surface area contributed by atoms with Crippen LogP contribution in [0.15, 0.2) is 24.3 Å². The van der Waals surface area contributed by atoms with Crippen molar-refractivity contribution in [2.45, 2.75) is 6.04 Å². The number of amides is 1. The van der Waals surface area contributed by atoms with Crippen molar-refractivity contribution in [3.8, 4) is 5.75 Å². The number of hydrogen-bond acceptors (Lipinski definition) is 4. The van der Waals surface area contributed by atoms with Crippen LogP contribution in [0.5, 0.6) is 5.75 Å². The summed E-state index contributed by atoms with van der Waals surface area (Å²) >= 11 is 0. The highest BCUT2D eigenvalue weighted by Crippen LogP contribution is 2.17. The first-order chi connectivity index (χ1) is 9.13. The van der Waals surface area contributed by atoms with E-state index in [1.807, 2.05) is 0 Å². The first-order valence-electron chi connectivity index (χ1n) is 5.89. The van der Waals surface area contributed by atoms with E-state index in [4.69, 9.17) is 14.6 Å². The molecule has 1 N–H and O–H groups in total. The van der Waals surface area contributed by atoms with Crippen molar-refractivity contribution in [1.29, 1.82) is 0 Å². The lowest BCUT2D eigenvalue weighted by Crippen LogP contribution is -2.52. The molecule has 0 radical (unpaired) electrons. The van der Waals surface area contributed by atoms with Gasteiger partial charge >= 0.3 is 5.97 Å². The smallest absolute Gasteiger partial charge is 0.328 e. The Labute approximate surface area is 110 Å². The molecule has 6 heteroatoms. The first-order valence-corrected chi connectivity index (χ1v) is 5.89. The Morgan fingerprint density at radius 2 is 2.26 bits per heavy atom. The molecular formula is C13H15NO5. The summed E-state index contributed by atoms with van der Waals surface area (Å²) in [5.74, 6) is -0.823. The Balaban J connectivity index is 2.23. The van der Waals surface area contributed by atoms with Gasteiger partial charge in [-0.1, -0.05) is 6.07 Å². The van der Waals surface area contributed by atoms with E-state index in [1.165, 1.54) is 12.0 Å². The zero-order valence-electron chi connectivity index (χ0n) is 10.5. The predicted molar refractivity (Wildman–Crippen MR) is 66.3 cm³/mol. The lowest BCUT2D eigenvalue weighted by atomic mass is 10.1. The average molecular weight is 265 g/mol. The van der Waals surface area contributed by atoms with Crippen LogP contribution in [0.1, 0.15) is 10.4 Å². The quantitative estimate of drug-likeness (QED) is 0.867. The standard InChI is InChI=1S/C13H15NO5/c1-18-10-4-2-3-9(7-10)12(15)14-5-6-19-8-11(14)13(16)17/h2-4,7,11H,5-6,8H2,1H3,(H,16,17). The molecule has 1 aromatic rings. The number of carboxylic acids is 1. The van der Waals surface area contributed by atoms with E-state index in [1.54, 1.807) is 24.3 Å². The van der Waals surface area contributed by atoms with Crippen LogP contribution in [0.3, 0.4) is 0 Å². The number of benzene rings is 1. The average Bonchev–Trinajstić information content (AvgIpc) is 2.46. The van der Waals surface area contributed by atoms with Gasteiger partial charge in [0.1, 0.15) is 5.75 Å². The molecule has 2 rings (SSSR count). The molecular weight excluding hydrogens is 250 g/mol. The molecule has 1 aromatic carbocycles. The second-order valence-electron chi connectivity index (χ2n) is 4.16. The van der Waals surface area contributed by atoms with Gasteiger partial charge < -0.3 is 19.5 Å². The third-order valence-electron chi connectivity index (χ3n) is 2.99. The van der Waals surface area contributed by atoms with Gasteiger partial charge in [-0.25, -0.2) is 4.79 Å². The molecule has 6 nitrogen and oxygen atoms in total. The zero-order valence-corrected chi connectivity index (χ0v) is 10.5. The van der Waals surface area contributed by atoms with Crippen LogP contribution >= 0.6 is 0 Å². The molecule has 1 saturated heterocycles. The minimum atomic E-state index is -1.06. The summed E-state index contributed by atoms with van der Waals surface area (Å²) in [4.78, 5) is 24.8. The van der Waals surface area contributed by atoms with Crippen LogP contribution in [0.25, 0.3) is 0 Å². The lowest BCUT2D eigenvalue weighted by Gasteiger charge is -2.32. The third-order valence-corrected chi connectivity index (χ3v) is 2.99. The van der Waals surface area contributed by atoms with E-state index < -0.39 is 12.0 Å². The Morgan fingerprint density at radius 3 is 2.95 bits per heavy atom. The maximum atomic E-state index is 12.3. The van der Waals surface area contributed by atoms with Crippen molar-refractivity contribution in [2.75, 3.05) is 26.9 Å². The highest BCUT2D eigenvalue weighted by atomic mass is 16.5. The summed E-state index contributed by atoms with van der Waals surface area (Å²) < 4.78 is 10.2. The second kappa shape index (κ2) is 5.71. The van der Waals surface area contributed by atoms with Crippen LogP contribution in [-0.4, -0.2) is 54.8 Å². The SMILES string of the molecule is COc1cccc(C(=O)N2CCOCC2C(=O)O)c1. The summed E-state index contributed by atoms with van der Waals surface area (Å²) in [5.41, 5.74) is 0.410. The topological polar surface area (TPSA) is 76.1 Å². The van der Waals surface area contributed by atoms with E-state index in [2.05, 4.69) is 0 Å². The summed E-state index contributed by atoms with van der Waals surface area (Å²) in [7, 11) is 1.51. The minimum absolute atomic E-state index is 0.0189. The van der Waals surface area contributed by atoms with E-state index in [0.717, 1.165) is 0 Å². The van der Waals surface area contributed by atoms with E-state index in [-0.39, 0.29) is 19.1 Å². The van der Waals surface area contributed by atoms with Crippen molar-refractivity contribution in [3.63, 3.8) is 0 Å². The van der Waals surface area contributed by atoms with Crippen molar-refractivity contribution < 1.29 is 24.2 Å². The third kappa shape index (κ3) is 2.85. The fourth-order valence-corrected chi connectivity index (χ4v) is 1.97. The van der Waals surface area contributed by atoms with E-state index >= 15 is 0 Å². The molecule has 1 atom stereocenters. The van der Waals surface area contributed by atoms with Crippen LogP contribution in [0.4, 0.5) is 0 Å².